The van der Waals surface area contributed by atoms with E-state index < -0.39 is 0 Å². The molecular weight excluding hydrogens is 320 g/mol. The summed E-state index contributed by atoms with van der Waals surface area (Å²) in [7, 11) is 0. The smallest absolute Gasteiger partial charge is 0.198 e. The van der Waals surface area contributed by atoms with Crippen molar-refractivity contribution in [3.63, 3.8) is 0 Å². The summed E-state index contributed by atoms with van der Waals surface area (Å²) in [6, 6.07) is 0. The average Bonchev–Trinajstić information content (AvgIpc) is 3.24. The standard InChI is InChI=1S/C22H14N4/c1-3-7-15-13(5-1)9-19-17(15)11-23-21(25-19)22-24-12-18-16-8-4-2-6-14(16)10-20(18)26-22/h1-6,9-12H,7-8H2. The molecule has 2 aromatic heterocycles. The molecule has 0 atom stereocenters. The summed E-state index contributed by atoms with van der Waals surface area (Å²) in [6.45, 7) is 0. The summed E-state index contributed by atoms with van der Waals surface area (Å²) >= 11 is 0. The van der Waals surface area contributed by atoms with Crippen molar-refractivity contribution in [3.05, 3.63) is 81.1 Å². The van der Waals surface area contributed by atoms with Crippen LogP contribution in [-0.2, 0) is 0 Å². The van der Waals surface area contributed by atoms with E-state index >= 15 is 0 Å². The molecule has 2 heterocycles. The van der Waals surface area contributed by atoms with Crippen LogP contribution in [-0.4, -0.2) is 19.9 Å². The quantitative estimate of drug-likeness (QED) is 0.766. The topological polar surface area (TPSA) is 51.6 Å². The molecule has 0 fully saturated rings. The van der Waals surface area contributed by atoms with Gasteiger partial charge in [0, 0.05) is 22.8 Å². The van der Waals surface area contributed by atoms with Crippen LogP contribution < -0.4 is 21.1 Å². The second-order valence-electron chi connectivity index (χ2n) is 6.74. The first-order chi connectivity index (χ1) is 12.9. The van der Waals surface area contributed by atoms with Crippen molar-refractivity contribution in [3.8, 4) is 11.6 Å². The maximum atomic E-state index is 4.74. The summed E-state index contributed by atoms with van der Waals surface area (Å²) in [6.07, 6.45) is 22.7. The summed E-state index contributed by atoms with van der Waals surface area (Å²) < 4.78 is 0. The van der Waals surface area contributed by atoms with Crippen LogP contribution in [0.2, 0.25) is 0 Å². The van der Waals surface area contributed by atoms with E-state index in [4.69, 9.17) is 9.97 Å². The third-order valence-electron chi connectivity index (χ3n) is 5.24. The molecule has 6 rings (SSSR count). The lowest BCUT2D eigenvalue weighted by molar-refractivity contribution is 1.02. The molecular formula is C22H14N4. The van der Waals surface area contributed by atoms with E-state index in [2.05, 4.69) is 58.6 Å². The minimum absolute atomic E-state index is 0.580. The Labute approximate surface area is 149 Å². The monoisotopic (exact) mass is 334 g/mol. The fraction of sp³-hybridized carbons (Fsp3) is 0.0909. The maximum Gasteiger partial charge on any atom is 0.198 e. The number of hydrogen-bond acceptors (Lipinski definition) is 4. The number of aromatic nitrogens is 4. The molecule has 4 aliphatic carbocycles. The number of fused-ring (bicyclic) bond motifs is 4. The molecule has 0 saturated heterocycles. The molecule has 0 saturated carbocycles. The van der Waals surface area contributed by atoms with Crippen LogP contribution in [0.5, 0.6) is 0 Å². The first-order valence-corrected chi connectivity index (χ1v) is 8.77. The highest BCUT2D eigenvalue weighted by molar-refractivity contribution is 5.84. The zero-order valence-electron chi connectivity index (χ0n) is 14.0. The molecule has 0 spiro atoms. The number of nitrogens with zero attached hydrogens (tertiary/aromatic N) is 4. The Balaban J connectivity index is 1.52. The zero-order valence-corrected chi connectivity index (χ0v) is 14.0. The Hall–Kier alpha value is -3.40. The van der Waals surface area contributed by atoms with Crippen LogP contribution in [0.1, 0.15) is 12.8 Å². The van der Waals surface area contributed by atoms with E-state index in [-0.39, 0.29) is 0 Å². The summed E-state index contributed by atoms with van der Waals surface area (Å²) in [5, 5.41) is 4.16. The first kappa shape index (κ1) is 13.8. The van der Waals surface area contributed by atoms with E-state index in [1.54, 1.807) is 0 Å². The van der Waals surface area contributed by atoms with Gasteiger partial charge in [0.15, 0.2) is 11.6 Å². The second-order valence-corrected chi connectivity index (χ2v) is 6.74. The van der Waals surface area contributed by atoms with Crippen LogP contribution in [0.15, 0.2) is 60.0 Å². The molecule has 4 aliphatic rings. The Morgan fingerprint density at radius 2 is 1.15 bits per heavy atom. The zero-order chi connectivity index (χ0) is 17.1. The van der Waals surface area contributed by atoms with Gasteiger partial charge in [-0.3, -0.25) is 0 Å². The average molecular weight is 334 g/mol. The second kappa shape index (κ2) is 5.05. The number of allylic oxidation sites excluding steroid dienone is 8. The van der Waals surface area contributed by atoms with Gasteiger partial charge in [0.05, 0.1) is 10.7 Å². The van der Waals surface area contributed by atoms with Crippen LogP contribution >= 0.6 is 0 Å². The SMILES string of the molecule is C1=CCC2=c3cnc(-c4ncc5c(n4)=CC4=CC=CCC=54)nc3=CC2=C1. The van der Waals surface area contributed by atoms with Gasteiger partial charge in [-0.1, -0.05) is 36.5 Å². The van der Waals surface area contributed by atoms with E-state index in [0.717, 1.165) is 34.0 Å². The van der Waals surface area contributed by atoms with Crippen molar-refractivity contribution >= 4 is 23.3 Å². The van der Waals surface area contributed by atoms with Gasteiger partial charge < -0.3 is 0 Å². The molecule has 0 bridgehead atoms. The van der Waals surface area contributed by atoms with Crippen molar-refractivity contribution in [2.45, 2.75) is 12.8 Å². The van der Waals surface area contributed by atoms with Crippen molar-refractivity contribution < 1.29 is 0 Å². The highest BCUT2D eigenvalue weighted by Gasteiger charge is 2.17. The predicted octanol–water partition coefficient (Wildman–Crippen LogP) is 0.596. The molecule has 0 aliphatic heterocycles. The van der Waals surface area contributed by atoms with Crippen LogP contribution in [0.25, 0.3) is 34.9 Å². The summed E-state index contributed by atoms with van der Waals surface area (Å²) in [5.41, 5.74) is 5.07. The Morgan fingerprint density at radius 3 is 1.65 bits per heavy atom. The van der Waals surface area contributed by atoms with Crippen molar-refractivity contribution in [2.75, 3.05) is 0 Å². The minimum atomic E-state index is 0.580. The van der Waals surface area contributed by atoms with Gasteiger partial charge in [-0.2, -0.15) is 0 Å². The summed E-state index contributed by atoms with van der Waals surface area (Å²) in [4.78, 5) is 18.6. The molecule has 0 amide bonds. The fourth-order valence-corrected chi connectivity index (χ4v) is 3.94. The predicted molar refractivity (Wildman–Crippen MR) is 101 cm³/mol. The van der Waals surface area contributed by atoms with E-state index in [1.165, 1.54) is 22.3 Å². The Kier molecular flexibility index (Phi) is 2.69. The molecule has 26 heavy (non-hydrogen) atoms. The number of hydrogen-bond donors (Lipinski definition) is 0. The number of rotatable bonds is 1. The molecule has 0 radical (unpaired) electrons. The van der Waals surface area contributed by atoms with Gasteiger partial charge >= 0.3 is 0 Å². The molecule has 122 valence electrons. The van der Waals surface area contributed by atoms with E-state index in [1.807, 2.05) is 12.4 Å². The van der Waals surface area contributed by atoms with Gasteiger partial charge in [0.1, 0.15) is 0 Å². The normalized spacial score (nSPS) is 18.3. The Morgan fingerprint density at radius 1 is 0.654 bits per heavy atom. The van der Waals surface area contributed by atoms with Crippen LogP contribution in [0.3, 0.4) is 0 Å². The molecule has 4 nitrogen and oxygen atoms in total. The van der Waals surface area contributed by atoms with Crippen molar-refractivity contribution in [1.82, 2.24) is 19.9 Å². The van der Waals surface area contributed by atoms with Crippen LogP contribution in [0, 0.1) is 0 Å². The largest absolute Gasteiger partial charge is 0.233 e. The molecule has 0 N–H and O–H groups in total. The lowest BCUT2D eigenvalue weighted by Gasteiger charge is -2.04. The summed E-state index contributed by atoms with van der Waals surface area (Å²) in [5.74, 6) is 1.16. The van der Waals surface area contributed by atoms with Gasteiger partial charge in [-0.25, -0.2) is 19.9 Å². The lowest BCUT2D eigenvalue weighted by Crippen LogP contribution is -2.31. The van der Waals surface area contributed by atoms with Gasteiger partial charge in [-0.15, -0.1) is 0 Å². The van der Waals surface area contributed by atoms with Crippen molar-refractivity contribution in [1.29, 1.82) is 0 Å². The van der Waals surface area contributed by atoms with Crippen LogP contribution in [0.4, 0.5) is 0 Å². The lowest BCUT2D eigenvalue weighted by atomic mass is 10.0. The third-order valence-corrected chi connectivity index (χ3v) is 5.24. The fourth-order valence-electron chi connectivity index (χ4n) is 3.94. The van der Waals surface area contributed by atoms with E-state index in [0.29, 0.717) is 11.6 Å². The Bertz CT molecular complexity index is 1260. The molecule has 0 aromatic carbocycles. The van der Waals surface area contributed by atoms with E-state index in [9.17, 15) is 0 Å². The van der Waals surface area contributed by atoms with Crippen molar-refractivity contribution in [2.24, 2.45) is 0 Å². The van der Waals surface area contributed by atoms with Gasteiger partial charge in [0.25, 0.3) is 0 Å². The minimum Gasteiger partial charge on any atom is -0.233 e. The third kappa shape index (κ3) is 1.90. The van der Waals surface area contributed by atoms with Gasteiger partial charge in [0.2, 0.25) is 0 Å². The van der Waals surface area contributed by atoms with Gasteiger partial charge in [-0.05, 0) is 47.3 Å². The highest BCUT2D eigenvalue weighted by atomic mass is 15.0. The molecule has 2 aromatic rings. The molecule has 0 unspecified atom stereocenters. The first-order valence-electron chi connectivity index (χ1n) is 8.77. The highest BCUT2D eigenvalue weighted by Crippen LogP contribution is 2.23. The maximum absolute atomic E-state index is 4.74. The molecule has 4 heteroatoms.